The fraction of sp³-hybridized carbons (Fsp3) is 0.367. The Morgan fingerprint density at radius 2 is 1.52 bits per heavy atom. The van der Waals surface area contributed by atoms with Crippen molar-refractivity contribution in [2.45, 2.75) is 63.6 Å². The number of alkyl halides is 6. The standard InChI is InChI=1S/C30H29F6NO3/c1-18-8-7-9-19(2)26(18)40-24-14-12-22-16-23(28(39,29(31,32)33)30(34,35)36)13-15-25(22)37(17-24)27(38)20(3)21-10-5-4-6-11-21/h4-11,13,15-16,20,24,39H,12,14,17H2,1-3H3/t20-,24-/m0/s1. The van der Waals surface area contributed by atoms with Gasteiger partial charge in [0.2, 0.25) is 5.91 Å². The van der Waals surface area contributed by atoms with Crippen LogP contribution < -0.4 is 9.64 Å². The van der Waals surface area contributed by atoms with Gasteiger partial charge in [-0.25, -0.2) is 0 Å². The van der Waals surface area contributed by atoms with Gasteiger partial charge < -0.3 is 14.7 Å². The van der Waals surface area contributed by atoms with Gasteiger partial charge in [0.05, 0.1) is 12.5 Å². The molecule has 2 atom stereocenters. The molecule has 1 heterocycles. The summed E-state index contributed by atoms with van der Waals surface area (Å²) in [5.74, 6) is -0.444. The van der Waals surface area contributed by atoms with Crippen molar-refractivity contribution in [2.75, 3.05) is 11.4 Å². The molecule has 0 aromatic heterocycles. The monoisotopic (exact) mass is 565 g/mol. The molecule has 214 valence electrons. The van der Waals surface area contributed by atoms with Crippen molar-refractivity contribution in [3.8, 4) is 5.75 Å². The van der Waals surface area contributed by atoms with Crippen LogP contribution in [0.4, 0.5) is 32.0 Å². The van der Waals surface area contributed by atoms with E-state index in [9.17, 15) is 36.2 Å². The highest BCUT2D eigenvalue weighted by Gasteiger charge is 2.71. The number of ether oxygens (including phenoxy) is 1. The van der Waals surface area contributed by atoms with Gasteiger partial charge in [-0.15, -0.1) is 0 Å². The molecule has 0 saturated heterocycles. The van der Waals surface area contributed by atoms with Crippen molar-refractivity contribution in [1.82, 2.24) is 0 Å². The van der Waals surface area contributed by atoms with Crippen LogP contribution in [0.15, 0.2) is 66.7 Å². The number of nitrogens with zero attached hydrogens (tertiary/aromatic N) is 1. The molecule has 1 N–H and O–H groups in total. The molecule has 4 rings (SSSR count). The van der Waals surface area contributed by atoms with Gasteiger partial charge in [0.1, 0.15) is 11.9 Å². The number of carbonyl (C=O) groups excluding carboxylic acids is 1. The zero-order valence-corrected chi connectivity index (χ0v) is 22.1. The lowest BCUT2D eigenvalue weighted by Crippen LogP contribution is -2.54. The average Bonchev–Trinajstić information content (AvgIpc) is 3.08. The van der Waals surface area contributed by atoms with E-state index in [0.717, 1.165) is 17.2 Å². The number of aliphatic hydroxyl groups is 1. The summed E-state index contributed by atoms with van der Waals surface area (Å²) in [5, 5.41) is 9.99. The number of aryl methyl sites for hydroxylation is 3. The van der Waals surface area contributed by atoms with Gasteiger partial charge >= 0.3 is 12.4 Å². The number of amides is 1. The first-order valence-corrected chi connectivity index (χ1v) is 12.7. The molecule has 0 aliphatic carbocycles. The van der Waals surface area contributed by atoms with Crippen molar-refractivity contribution in [2.24, 2.45) is 0 Å². The van der Waals surface area contributed by atoms with Crippen molar-refractivity contribution in [3.63, 3.8) is 0 Å². The topological polar surface area (TPSA) is 49.8 Å². The highest BCUT2D eigenvalue weighted by molar-refractivity contribution is 5.98. The highest BCUT2D eigenvalue weighted by Crippen LogP contribution is 2.51. The van der Waals surface area contributed by atoms with Crippen LogP contribution in [-0.2, 0) is 16.8 Å². The van der Waals surface area contributed by atoms with E-state index in [4.69, 9.17) is 4.74 Å². The van der Waals surface area contributed by atoms with E-state index in [1.807, 2.05) is 32.0 Å². The minimum absolute atomic E-state index is 0.0219. The summed E-state index contributed by atoms with van der Waals surface area (Å²) in [6.45, 7) is 5.42. The molecule has 10 heteroatoms. The van der Waals surface area contributed by atoms with Gasteiger partial charge in [0.25, 0.3) is 5.60 Å². The molecule has 0 saturated carbocycles. The van der Waals surface area contributed by atoms with Gasteiger partial charge in [-0.05, 0) is 61.9 Å². The second kappa shape index (κ2) is 10.8. The maximum absolute atomic E-state index is 13.8. The average molecular weight is 566 g/mol. The molecular weight excluding hydrogens is 536 g/mol. The third-order valence-corrected chi connectivity index (χ3v) is 7.36. The largest absolute Gasteiger partial charge is 0.488 e. The minimum atomic E-state index is -6.02. The van der Waals surface area contributed by atoms with E-state index in [0.29, 0.717) is 23.4 Å². The Bertz CT molecular complexity index is 1340. The van der Waals surface area contributed by atoms with Gasteiger partial charge in [0.15, 0.2) is 0 Å². The summed E-state index contributed by atoms with van der Waals surface area (Å²) in [6, 6.07) is 16.8. The summed E-state index contributed by atoms with van der Waals surface area (Å²) < 4.78 is 88.0. The molecule has 1 amide bonds. The Labute approximate surface area is 228 Å². The predicted octanol–water partition coefficient (Wildman–Crippen LogP) is 7.15. The van der Waals surface area contributed by atoms with Crippen LogP contribution in [-0.4, -0.2) is 36.0 Å². The molecule has 40 heavy (non-hydrogen) atoms. The van der Waals surface area contributed by atoms with Crippen molar-refractivity contribution >= 4 is 11.6 Å². The van der Waals surface area contributed by atoms with E-state index in [2.05, 4.69) is 0 Å². The molecule has 0 unspecified atom stereocenters. The molecule has 3 aromatic rings. The van der Waals surface area contributed by atoms with E-state index in [1.165, 1.54) is 4.90 Å². The molecular formula is C30H29F6NO3. The van der Waals surface area contributed by atoms with E-state index in [-0.39, 0.29) is 36.5 Å². The Hall–Kier alpha value is -3.53. The zero-order chi connectivity index (χ0) is 29.5. The minimum Gasteiger partial charge on any atom is -0.488 e. The van der Waals surface area contributed by atoms with Crippen LogP contribution in [0.2, 0.25) is 0 Å². The molecule has 1 aliphatic heterocycles. The Morgan fingerprint density at radius 3 is 2.10 bits per heavy atom. The Morgan fingerprint density at radius 1 is 0.925 bits per heavy atom. The van der Waals surface area contributed by atoms with E-state index < -0.39 is 35.5 Å². The van der Waals surface area contributed by atoms with Crippen LogP contribution in [0.25, 0.3) is 0 Å². The molecule has 1 aliphatic rings. The summed E-state index contributed by atoms with van der Waals surface area (Å²) in [5.41, 5.74) is -3.78. The van der Waals surface area contributed by atoms with Crippen LogP contribution in [0.1, 0.15) is 47.1 Å². The molecule has 4 nitrogen and oxygen atoms in total. The first kappa shape index (κ1) is 29.5. The summed E-state index contributed by atoms with van der Waals surface area (Å²) >= 11 is 0. The molecule has 0 spiro atoms. The SMILES string of the molecule is Cc1cccc(C)c1O[C@H]1CCc2cc(C(O)(C(F)(F)F)C(F)(F)F)ccc2N(C(=O)[C@@H](C)c2ccccc2)C1. The first-order valence-electron chi connectivity index (χ1n) is 12.7. The third kappa shape index (κ3) is 5.41. The number of para-hydroxylation sites is 1. The lowest BCUT2D eigenvalue weighted by molar-refractivity contribution is -0.376. The fourth-order valence-electron chi connectivity index (χ4n) is 5.05. The number of hydrogen-bond acceptors (Lipinski definition) is 3. The van der Waals surface area contributed by atoms with Crippen molar-refractivity contribution in [3.05, 3.63) is 94.5 Å². The first-order chi connectivity index (χ1) is 18.6. The van der Waals surface area contributed by atoms with Gasteiger partial charge in [-0.3, -0.25) is 4.79 Å². The Balaban J connectivity index is 1.79. The Kier molecular flexibility index (Phi) is 7.95. The zero-order valence-electron chi connectivity index (χ0n) is 22.1. The quantitative estimate of drug-likeness (QED) is 0.335. The van der Waals surface area contributed by atoms with E-state index >= 15 is 0 Å². The predicted molar refractivity (Wildman–Crippen MR) is 138 cm³/mol. The fourth-order valence-corrected chi connectivity index (χ4v) is 5.05. The number of benzene rings is 3. The summed E-state index contributed by atoms with van der Waals surface area (Å²) in [7, 11) is 0. The van der Waals surface area contributed by atoms with Crippen LogP contribution in [0, 0.1) is 13.8 Å². The van der Waals surface area contributed by atoms with Crippen LogP contribution >= 0.6 is 0 Å². The maximum Gasteiger partial charge on any atom is 0.430 e. The number of hydrogen-bond donors (Lipinski definition) is 1. The number of carbonyl (C=O) groups is 1. The number of fused-ring (bicyclic) bond motifs is 1. The molecule has 0 fully saturated rings. The van der Waals surface area contributed by atoms with Crippen LogP contribution in [0.5, 0.6) is 5.75 Å². The molecule has 0 radical (unpaired) electrons. The van der Waals surface area contributed by atoms with Gasteiger partial charge in [-0.2, -0.15) is 26.3 Å². The lowest BCUT2D eigenvalue weighted by Gasteiger charge is -2.34. The molecule has 0 bridgehead atoms. The summed E-state index contributed by atoms with van der Waals surface area (Å²) in [4.78, 5) is 15.2. The van der Waals surface area contributed by atoms with Crippen LogP contribution in [0.3, 0.4) is 0 Å². The number of rotatable bonds is 5. The number of halogens is 6. The van der Waals surface area contributed by atoms with Crippen molar-refractivity contribution in [1.29, 1.82) is 0 Å². The van der Waals surface area contributed by atoms with E-state index in [1.54, 1.807) is 37.3 Å². The summed E-state index contributed by atoms with van der Waals surface area (Å²) in [6.07, 6.45) is -12.4. The highest BCUT2D eigenvalue weighted by atomic mass is 19.4. The maximum atomic E-state index is 13.8. The van der Waals surface area contributed by atoms with Gasteiger partial charge in [0, 0.05) is 11.3 Å². The van der Waals surface area contributed by atoms with Crippen molar-refractivity contribution < 1.29 is 41.0 Å². The number of anilines is 1. The second-order valence-electron chi connectivity index (χ2n) is 10.1. The second-order valence-corrected chi connectivity index (χ2v) is 10.1. The molecule has 3 aromatic carbocycles. The lowest BCUT2D eigenvalue weighted by atomic mass is 9.89. The van der Waals surface area contributed by atoms with Gasteiger partial charge in [-0.1, -0.05) is 60.7 Å². The smallest absolute Gasteiger partial charge is 0.430 e. The third-order valence-electron chi connectivity index (χ3n) is 7.36. The normalized spacial score (nSPS) is 17.1.